The highest BCUT2D eigenvalue weighted by molar-refractivity contribution is 7.08. The van der Waals surface area contributed by atoms with E-state index in [4.69, 9.17) is 0 Å². The van der Waals surface area contributed by atoms with E-state index in [2.05, 4.69) is 10.6 Å². The van der Waals surface area contributed by atoms with Crippen molar-refractivity contribution in [3.05, 3.63) is 51.7 Å². The van der Waals surface area contributed by atoms with Crippen molar-refractivity contribution in [1.29, 1.82) is 0 Å². The number of carbonyl (C=O) groups excluding carboxylic acids is 3. The lowest BCUT2D eigenvalue weighted by molar-refractivity contribution is -0.132. The van der Waals surface area contributed by atoms with E-state index in [0.29, 0.717) is 31.6 Å². The Labute approximate surface area is 156 Å². The van der Waals surface area contributed by atoms with Crippen LogP contribution in [0.2, 0.25) is 0 Å². The predicted octanol–water partition coefficient (Wildman–Crippen LogP) is 2.41. The van der Waals surface area contributed by atoms with Gasteiger partial charge < -0.3 is 15.5 Å². The Hall–Kier alpha value is -2.67. The number of nitrogens with one attached hydrogen (secondary N) is 2. The summed E-state index contributed by atoms with van der Waals surface area (Å²) in [6.45, 7) is 2.95. The maximum atomic E-state index is 12.4. The third kappa shape index (κ3) is 4.29. The van der Waals surface area contributed by atoms with Crippen LogP contribution in [0.15, 0.2) is 35.0 Å². The minimum Gasteiger partial charge on any atom is -0.351 e. The maximum Gasteiger partial charge on any atom is 0.252 e. The smallest absolute Gasteiger partial charge is 0.252 e. The number of carbonyl (C=O) groups is 3. The number of nitrogens with zero attached hydrogens (tertiary/aromatic N) is 1. The molecule has 1 aliphatic rings. The lowest BCUT2D eigenvalue weighted by Gasteiger charge is -2.30. The number of hydrogen-bond acceptors (Lipinski definition) is 4. The van der Waals surface area contributed by atoms with Gasteiger partial charge in [0, 0.05) is 49.6 Å². The van der Waals surface area contributed by atoms with Crippen molar-refractivity contribution in [2.45, 2.75) is 26.3 Å². The van der Waals surface area contributed by atoms with Crippen LogP contribution in [0.3, 0.4) is 0 Å². The number of benzene rings is 1. The van der Waals surface area contributed by atoms with Crippen molar-refractivity contribution in [3.8, 4) is 0 Å². The molecule has 2 aromatic rings. The molecule has 0 saturated heterocycles. The highest BCUT2D eigenvalue weighted by atomic mass is 32.1. The Bertz CT molecular complexity index is 817. The summed E-state index contributed by atoms with van der Waals surface area (Å²) in [4.78, 5) is 37.5. The van der Waals surface area contributed by atoms with Gasteiger partial charge in [0.2, 0.25) is 11.8 Å². The summed E-state index contributed by atoms with van der Waals surface area (Å²) in [5.74, 6) is -0.229. The first-order chi connectivity index (χ1) is 12.5. The number of fused-ring (bicyclic) bond motifs is 1. The van der Waals surface area contributed by atoms with Crippen LogP contribution in [-0.2, 0) is 22.6 Å². The molecule has 0 fully saturated rings. The van der Waals surface area contributed by atoms with Crippen molar-refractivity contribution in [2.24, 2.45) is 0 Å². The van der Waals surface area contributed by atoms with Crippen LogP contribution in [0, 0.1) is 0 Å². The molecule has 0 saturated carbocycles. The fourth-order valence-corrected chi connectivity index (χ4v) is 3.70. The van der Waals surface area contributed by atoms with Crippen molar-refractivity contribution in [2.75, 3.05) is 18.4 Å². The van der Waals surface area contributed by atoms with Gasteiger partial charge in [0.15, 0.2) is 0 Å². The number of rotatable bonds is 5. The van der Waals surface area contributed by atoms with Gasteiger partial charge in [-0.15, -0.1) is 0 Å². The van der Waals surface area contributed by atoms with Gasteiger partial charge in [-0.05, 0) is 35.1 Å². The normalized spacial score (nSPS) is 13.0. The first-order valence-corrected chi connectivity index (χ1v) is 9.45. The van der Waals surface area contributed by atoms with Gasteiger partial charge in [-0.3, -0.25) is 14.4 Å². The molecule has 0 radical (unpaired) electrons. The standard InChI is InChI=1S/C19H21N3O3S/c1-13(23)21-17-4-2-3-14-11-22(9-6-16(14)17)18(24)5-8-20-19(25)15-7-10-26-12-15/h2-4,7,10,12H,5-6,8-9,11H2,1H3,(H,20,25)(H,21,23). The van der Waals surface area contributed by atoms with Crippen molar-refractivity contribution >= 4 is 34.7 Å². The zero-order valence-electron chi connectivity index (χ0n) is 14.6. The molecule has 0 atom stereocenters. The highest BCUT2D eigenvalue weighted by Gasteiger charge is 2.22. The van der Waals surface area contributed by atoms with Gasteiger partial charge in [0.25, 0.3) is 5.91 Å². The van der Waals surface area contributed by atoms with Crippen LogP contribution in [0.25, 0.3) is 0 Å². The average molecular weight is 371 g/mol. The number of hydrogen-bond donors (Lipinski definition) is 2. The van der Waals surface area contributed by atoms with E-state index in [1.165, 1.54) is 18.3 Å². The summed E-state index contributed by atoms with van der Waals surface area (Å²) in [6.07, 6.45) is 0.982. The second-order valence-corrected chi connectivity index (χ2v) is 6.99. The predicted molar refractivity (Wildman–Crippen MR) is 101 cm³/mol. The minimum atomic E-state index is -0.150. The van der Waals surface area contributed by atoms with E-state index in [1.54, 1.807) is 16.3 Å². The van der Waals surface area contributed by atoms with Crippen LogP contribution in [0.1, 0.15) is 34.8 Å². The molecule has 0 spiro atoms. The average Bonchev–Trinajstić information content (AvgIpc) is 3.15. The van der Waals surface area contributed by atoms with E-state index >= 15 is 0 Å². The van der Waals surface area contributed by atoms with Crippen LogP contribution in [0.5, 0.6) is 0 Å². The fraction of sp³-hybridized carbons (Fsp3) is 0.316. The fourth-order valence-electron chi connectivity index (χ4n) is 3.07. The summed E-state index contributed by atoms with van der Waals surface area (Å²) in [5.41, 5.74) is 3.60. The molecule has 1 aromatic carbocycles. The van der Waals surface area contributed by atoms with Gasteiger partial charge >= 0.3 is 0 Å². The summed E-state index contributed by atoms with van der Waals surface area (Å²) in [6, 6.07) is 7.52. The molecule has 3 amide bonds. The van der Waals surface area contributed by atoms with Crippen molar-refractivity contribution in [1.82, 2.24) is 10.2 Å². The molecule has 7 heteroatoms. The molecule has 2 heterocycles. The number of anilines is 1. The monoisotopic (exact) mass is 371 g/mol. The lowest BCUT2D eigenvalue weighted by Crippen LogP contribution is -2.38. The first kappa shape index (κ1) is 18.1. The van der Waals surface area contributed by atoms with E-state index < -0.39 is 0 Å². The van der Waals surface area contributed by atoms with Gasteiger partial charge in [-0.2, -0.15) is 11.3 Å². The summed E-state index contributed by atoms with van der Waals surface area (Å²) in [5, 5.41) is 9.26. The molecule has 1 aliphatic heterocycles. The molecule has 0 bridgehead atoms. The Morgan fingerprint density at radius 2 is 2.08 bits per heavy atom. The number of thiophene rings is 1. The Morgan fingerprint density at radius 1 is 1.23 bits per heavy atom. The minimum absolute atomic E-state index is 0.0196. The van der Waals surface area contributed by atoms with E-state index in [9.17, 15) is 14.4 Å². The van der Waals surface area contributed by atoms with Gasteiger partial charge in [0.05, 0.1) is 0 Å². The number of amides is 3. The van der Waals surface area contributed by atoms with Crippen molar-refractivity contribution < 1.29 is 14.4 Å². The first-order valence-electron chi connectivity index (χ1n) is 8.51. The Morgan fingerprint density at radius 3 is 2.81 bits per heavy atom. The second-order valence-electron chi connectivity index (χ2n) is 6.21. The SMILES string of the molecule is CC(=O)Nc1cccc2c1CCN(C(=O)CCNC(=O)c1ccsc1)C2. The molecule has 0 aliphatic carbocycles. The summed E-state index contributed by atoms with van der Waals surface area (Å²) in [7, 11) is 0. The largest absolute Gasteiger partial charge is 0.351 e. The molecule has 0 unspecified atom stereocenters. The Balaban J connectivity index is 1.54. The van der Waals surface area contributed by atoms with E-state index in [1.807, 2.05) is 23.6 Å². The van der Waals surface area contributed by atoms with Gasteiger partial charge in [0.1, 0.15) is 0 Å². The quantitative estimate of drug-likeness (QED) is 0.847. The Kier molecular flexibility index (Phi) is 5.68. The van der Waals surface area contributed by atoms with Crippen LogP contribution in [-0.4, -0.2) is 35.7 Å². The zero-order chi connectivity index (χ0) is 18.5. The summed E-state index contributed by atoms with van der Waals surface area (Å²) < 4.78 is 0. The second kappa shape index (κ2) is 8.14. The van der Waals surface area contributed by atoms with Gasteiger partial charge in [-0.25, -0.2) is 0 Å². The van der Waals surface area contributed by atoms with E-state index in [0.717, 1.165) is 16.8 Å². The van der Waals surface area contributed by atoms with Gasteiger partial charge in [-0.1, -0.05) is 12.1 Å². The maximum absolute atomic E-state index is 12.4. The highest BCUT2D eigenvalue weighted by Crippen LogP contribution is 2.26. The zero-order valence-corrected chi connectivity index (χ0v) is 15.4. The molecular weight excluding hydrogens is 350 g/mol. The van der Waals surface area contributed by atoms with Crippen LogP contribution < -0.4 is 10.6 Å². The lowest BCUT2D eigenvalue weighted by atomic mass is 9.97. The van der Waals surface area contributed by atoms with E-state index in [-0.39, 0.29) is 24.1 Å². The molecule has 2 N–H and O–H groups in total. The molecule has 136 valence electrons. The molecular formula is C19H21N3O3S. The summed E-state index contributed by atoms with van der Waals surface area (Å²) >= 11 is 1.47. The topological polar surface area (TPSA) is 78.5 Å². The van der Waals surface area contributed by atoms with Crippen LogP contribution in [0.4, 0.5) is 5.69 Å². The molecule has 3 rings (SSSR count). The van der Waals surface area contributed by atoms with Crippen molar-refractivity contribution in [3.63, 3.8) is 0 Å². The molecule has 1 aromatic heterocycles. The molecule has 26 heavy (non-hydrogen) atoms. The molecule has 6 nitrogen and oxygen atoms in total. The van der Waals surface area contributed by atoms with Crippen LogP contribution >= 0.6 is 11.3 Å². The third-order valence-corrected chi connectivity index (χ3v) is 5.02. The third-order valence-electron chi connectivity index (χ3n) is 4.34.